The number of carbonyl (C=O) groups excluding carboxylic acids is 1. The molecule has 1 saturated heterocycles. The van der Waals surface area contributed by atoms with Crippen LogP contribution in [0.2, 0.25) is 0 Å². The predicted octanol–water partition coefficient (Wildman–Crippen LogP) is 1.64. The number of methoxy groups -OCH3 is 1. The first-order valence-corrected chi connectivity index (χ1v) is 8.01. The molecule has 22 heavy (non-hydrogen) atoms. The van der Waals surface area contributed by atoms with E-state index >= 15 is 0 Å². The van der Waals surface area contributed by atoms with Gasteiger partial charge < -0.3 is 10.1 Å². The molecule has 5 nitrogen and oxygen atoms in total. The summed E-state index contributed by atoms with van der Waals surface area (Å²) in [5.74, 6) is 1.50. The third-order valence-corrected chi connectivity index (χ3v) is 4.44. The highest BCUT2D eigenvalue weighted by molar-refractivity contribution is 5.76. The lowest BCUT2D eigenvalue weighted by Crippen LogP contribution is -2.31. The van der Waals surface area contributed by atoms with Crippen molar-refractivity contribution in [1.29, 1.82) is 0 Å². The van der Waals surface area contributed by atoms with Crippen molar-refractivity contribution in [2.45, 2.75) is 45.2 Å². The Morgan fingerprint density at radius 1 is 1.23 bits per heavy atom. The minimum Gasteiger partial charge on any atom is -0.496 e. The van der Waals surface area contributed by atoms with Crippen LogP contribution < -0.4 is 20.9 Å². The summed E-state index contributed by atoms with van der Waals surface area (Å²) in [6, 6.07) is 8.73. The number of ether oxygens (including phenoxy) is 1. The molecule has 1 amide bonds. The molecular weight excluding hydrogens is 278 g/mol. The maximum Gasteiger partial charge on any atom is 0.220 e. The minimum atomic E-state index is 0.102. The maximum atomic E-state index is 12.0. The van der Waals surface area contributed by atoms with Gasteiger partial charge in [0.25, 0.3) is 0 Å². The van der Waals surface area contributed by atoms with Gasteiger partial charge in [0.1, 0.15) is 5.75 Å². The van der Waals surface area contributed by atoms with Gasteiger partial charge in [0.05, 0.1) is 7.11 Å². The van der Waals surface area contributed by atoms with Gasteiger partial charge in [-0.05, 0) is 44.2 Å². The van der Waals surface area contributed by atoms with Crippen molar-refractivity contribution in [3.05, 3.63) is 29.8 Å². The summed E-state index contributed by atoms with van der Waals surface area (Å²) >= 11 is 0. The molecule has 1 aromatic carbocycles. The molecule has 2 unspecified atom stereocenters. The molecule has 0 radical (unpaired) electrons. The highest BCUT2D eigenvalue weighted by atomic mass is 16.5. The predicted molar refractivity (Wildman–Crippen MR) is 87.6 cm³/mol. The van der Waals surface area contributed by atoms with Gasteiger partial charge >= 0.3 is 0 Å². The van der Waals surface area contributed by atoms with E-state index in [2.05, 4.69) is 30.0 Å². The van der Waals surface area contributed by atoms with Gasteiger partial charge in [-0.1, -0.05) is 18.2 Å². The fourth-order valence-electron chi connectivity index (χ4n) is 3.03. The van der Waals surface area contributed by atoms with Crippen LogP contribution in [-0.4, -0.2) is 31.6 Å². The molecule has 0 aliphatic carbocycles. The molecule has 1 fully saturated rings. The van der Waals surface area contributed by atoms with Crippen molar-refractivity contribution in [3.8, 4) is 5.75 Å². The number of hydrogen-bond acceptors (Lipinski definition) is 4. The Balaban J connectivity index is 1.70. The lowest BCUT2D eigenvalue weighted by Gasteiger charge is -2.17. The Morgan fingerprint density at radius 2 is 1.91 bits per heavy atom. The zero-order valence-electron chi connectivity index (χ0n) is 13.7. The van der Waals surface area contributed by atoms with Crippen LogP contribution in [0.4, 0.5) is 0 Å². The molecule has 1 aliphatic rings. The maximum absolute atomic E-state index is 12.0. The van der Waals surface area contributed by atoms with Gasteiger partial charge in [-0.2, -0.15) is 0 Å². The second kappa shape index (κ2) is 8.15. The van der Waals surface area contributed by atoms with E-state index in [4.69, 9.17) is 4.74 Å². The largest absolute Gasteiger partial charge is 0.496 e. The van der Waals surface area contributed by atoms with Crippen LogP contribution in [0.1, 0.15) is 32.3 Å². The molecule has 1 aromatic rings. The zero-order chi connectivity index (χ0) is 15.9. The summed E-state index contributed by atoms with van der Waals surface area (Å²) < 4.78 is 5.30. The van der Waals surface area contributed by atoms with E-state index in [1.165, 1.54) is 0 Å². The van der Waals surface area contributed by atoms with E-state index in [0.717, 1.165) is 24.3 Å². The van der Waals surface area contributed by atoms with Gasteiger partial charge in [0.2, 0.25) is 5.91 Å². The first-order chi connectivity index (χ1) is 10.6. The molecule has 5 heteroatoms. The second-order valence-electron chi connectivity index (χ2n) is 5.98. The van der Waals surface area contributed by atoms with Crippen LogP contribution in [0.3, 0.4) is 0 Å². The SMILES string of the molecule is COc1ccccc1CCC(=O)NCCC1C(C)NNC1C. The first-order valence-electron chi connectivity index (χ1n) is 8.01. The molecule has 2 atom stereocenters. The second-order valence-corrected chi connectivity index (χ2v) is 5.98. The van der Waals surface area contributed by atoms with Crippen LogP contribution in [-0.2, 0) is 11.2 Å². The minimum absolute atomic E-state index is 0.102. The monoisotopic (exact) mass is 305 g/mol. The van der Waals surface area contributed by atoms with Crippen molar-refractivity contribution in [2.24, 2.45) is 5.92 Å². The van der Waals surface area contributed by atoms with Gasteiger partial charge in [-0.3, -0.25) is 15.6 Å². The molecule has 1 heterocycles. The van der Waals surface area contributed by atoms with Crippen molar-refractivity contribution < 1.29 is 9.53 Å². The van der Waals surface area contributed by atoms with E-state index in [1.807, 2.05) is 24.3 Å². The molecule has 0 bridgehead atoms. The number of amides is 1. The van der Waals surface area contributed by atoms with Crippen LogP contribution in [0.15, 0.2) is 24.3 Å². The quantitative estimate of drug-likeness (QED) is 0.716. The van der Waals surface area contributed by atoms with Crippen molar-refractivity contribution in [2.75, 3.05) is 13.7 Å². The van der Waals surface area contributed by atoms with Crippen LogP contribution in [0, 0.1) is 5.92 Å². The first kappa shape index (κ1) is 16.8. The zero-order valence-corrected chi connectivity index (χ0v) is 13.7. The van der Waals surface area contributed by atoms with Crippen molar-refractivity contribution in [3.63, 3.8) is 0 Å². The molecule has 0 aromatic heterocycles. The summed E-state index contributed by atoms with van der Waals surface area (Å²) in [4.78, 5) is 12.0. The number of carbonyl (C=O) groups is 1. The topological polar surface area (TPSA) is 62.4 Å². The molecule has 0 saturated carbocycles. The summed E-state index contributed by atoms with van der Waals surface area (Å²) in [5.41, 5.74) is 7.56. The average molecular weight is 305 g/mol. The number of para-hydroxylation sites is 1. The van der Waals surface area contributed by atoms with Crippen molar-refractivity contribution >= 4 is 5.91 Å². The Labute approximate surface area is 132 Å². The fourth-order valence-corrected chi connectivity index (χ4v) is 3.03. The molecule has 122 valence electrons. The van der Waals surface area contributed by atoms with E-state index < -0.39 is 0 Å². The van der Waals surface area contributed by atoms with Gasteiger partial charge in [0, 0.05) is 25.0 Å². The van der Waals surface area contributed by atoms with Gasteiger partial charge in [-0.25, -0.2) is 0 Å². The van der Waals surface area contributed by atoms with Crippen molar-refractivity contribution in [1.82, 2.24) is 16.2 Å². The van der Waals surface area contributed by atoms with E-state index in [-0.39, 0.29) is 5.91 Å². The fraction of sp³-hybridized carbons (Fsp3) is 0.588. The van der Waals surface area contributed by atoms with E-state index in [0.29, 0.717) is 30.8 Å². The Bertz CT molecular complexity index is 483. The molecule has 2 rings (SSSR count). The number of nitrogens with one attached hydrogen (secondary N) is 3. The van der Waals surface area contributed by atoms with E-state index in [1.54, 1.807) is 7.11 Å². The Morgan fingerprint density at radius 3 is 2.59 bits per heavy atom. The molecular formula is C17H27N3O2. The van der Waals surface area contributed by atoms with Gasteiger partial charge in [-0.15, -0.1) is 0 Å². The summed E-state index contributed by atoms with van der Waals surface area (Å²) in [6.07, 6.45) is 2.19. The normalized spacial score (nSPS) is 24.2. The standard InChI is InChI=1S/C17H27N3O2/c1-12-15(13(2)20-19-12)10-11-18-17(21)9-8-14-6-4-5-7-16(14)22-3/h4-7,12-13,15,19-20H,8-11H2,1-3H3,(H,18,21). The van der Waals surface area contributed by atoms with Gasteiger partial charge in [0.15, 0.2) is 0 Å². The molecule has 0 spiro atoms. The average Bonchev–Trinajstić information content (AvgIpc) is 2.85. The number of hydrogen-bond donors (Lipinski definition) is 3. The van der Waals surface area contributed by atoms with Crippen LogP contribution >= 0.6 is 0 Å². The van der Waals surface area contributed by atoms with Crippen LogP contribution in [0.5, 0.6) is 5.75 Å². The number of rotatable bonds is 7. The molecule has 3 N–H and O–H groups in total. The lowest BCUT2D eigenvalue weighted by molar-refractivity contribution is -0.121. The third-order valence-electron chi connectivity index (χ3n) is 4.44. The number of hydrazine groups is 1. The summed E-state index contributed by atoms with van der Waals surface area (Å²) in [6.45, 7) is 5.07. The number of benzene rings is 1. The third kappa shape index (κ3) is 4.45. The number of aryl methyl sites for hydroxylation is 1. The lowest BCUT2D eigenvalue weighted by atomic mass is 9.93. The summed E-state index contributed by atoms with van der Waals surface area (Å²) in [7, 11) is 1.66. The highest BCUT2D eigenvalue weighted by Gasteiger charge is 2.28. The van der Waals surface area contributed by atoms with E-state index in [9.17, 15) is 4.79 Å². The Kier molecular flexibility index (Phi) is 6.21. The smallest absolute Gasteiger partial charge is 0.220 e. The van der Waals surface area contributed by atoms with Crippen LogP contribution in [0.25, 0.3) is 0 Å². The molecule has 1 aliphatic heterocycles. The highest BCUT2D eigenvalue weighted by Crippen LogP contribution is 2.19. The Hall–Kier alpha value is -1.59. The summed E-state index contributed by atoms with van der Waals surface area (Å²) in [5, 5.41) is 3.02.